The van der Waals surface area contributed by atoms with E-state index in [1.54, 1.807) is 0 Å². The highest BCUT2D eigenvalue weighted by atomic mass is 16.6. The van der Waals surface area contributed by atoms with Crippen molar-refractivity contribution < 1.29 is 28.6 Å². The second-order valence-corrected chi connectivity index (χ2v) is 19.9. The fourth-order valence-electron chi connectivity index (χ4n) is 8.24. The molecule has 0 aromatic carbocycles. The highest BCUT2D eigenvalue weighted by Crippen LogP contribution is 2.15. The van der Waals surface area contributed by atoms with Crippen LogP contribution in [-0.2, 0) is 28.6 Å². The van der Waals surface area contributed by atoms with Gasteiger partial charge < -0.3 is 14.2 Å². The molecule has 0 heterocycles. The van der Waals surface area contributed by atoms with Crippen LogP contribution in [0.1, 0.15) is 278 Å². The van der Waals surface area contributed by atoms with Crippen LogP contribution < -0.4 is 0 Å². The summed E-state index contributed by atoms with van der Waals surface area (Å²) in [5.74, 6) is -0.995. The predicted molar refractivity (Wildman–Crippen MR) is 316 cm³/mol. The quantitative estimate of drug-likeness (QED) is 0.0261. The molecule has 1 atom stereocenters. The molecule has 0 N–H and O–H groups in total. The van der Waals surface area contributed by atoms with E-state index in [4.69, 9.17) is 14.2 Å². The van der Waals surface area contributed by atoms with Gasteiger partial charge in [0.1, 0.15) is 13.2 Å². The smallest absolute Gasteiger partial charge is 0.306 e. The number of esters is 3. The Labute approximate surface area is 450 Å². The highest BCUT2D eigenvalue weighted by Gasteiger charge is 2.19. The molecule has 6 nitrogen and oxygen atoms in total. The number of unbranched alkanes of at least 4 members (excludes halogenated alkanes) is 25. The van der Waals surface area contributed by atoms with Crippen LogP contribution in [-0.4, -0.2) is 37.2 Å². The first kappa shape index (κ1) is 69.1. The van der Waals surface area contributed by atoms with Gasteiger partial charge in [-0.1, -0.05) is 271 Å². The lowest BCUT2D eigenvalue weighted by molar-refractivity contribution is -0.166. The van der Waals surface area contributed by atoms with Gasteiger partial charge in [0, 0.05) is 19.3 Å². The van der Waals surface area contributed by atoms with E-state index in [0.717, 1.165) is 89.9 Å². The van der Waals surface area contributed by atoms with E-state index in [1.165, 1.54) is 141 Å². The van der Waals surface area contributed by atoms with E-state index in [2.05, 4.69) is 124 Å². The molecule has 0 radical (unpaired) electrons. The van der Waals surface area contributed by atoms with Gasteiger partial charge in [0.05, 0.1) is 0 Å². The molecule has 416 valence electrons. The third-order valence-corrected chi connectivity index (χ3v) is 12.8. The van der Waals surface area contributed by atoms with E-state index in [1.807, 2.05) is 6.08 Å². The minimum absolute atomic E-state index is 0.108. The normalized spacial score (nSPS) is 12.9. The zero-order chi connectivity index (χ0) is 52.9. The molecule has 0 aliphatic heterocycles. The first-order valence-electron chi connectivity index (χ1n) is 30.4. The summed E-state index contributed by atoms with van der Waals surface area (Å²) >= 11 is 0. The lowest BCUT2D eigenvalue weighted by Crippen LogP contribution is -2.30. The lowest BCUT2D eigenvalue weighted by Gasteiger charge is -2.18. The molecule has 6 heteroatoms. The summed E-state index contributed by atoms with van der Waals surface area (Å²) in [4.78, 5) is 38.1. The van der Waals surface area contributed by atoms with Gasteiger partial charge in [-0.2, -0.15) is 0 Å². The predicted octanol–water partition coefficient (Wildman–Crippen LogP) is 20.7. The Bertz CT molecular complexity index is 1490. The second-order valence-electron chi connectivity index (χ2n) is 19.9. The van der Waals surface area contributed by atoms with Crippen molar-refractivity contribution in [1.29, 1.82) is 0 Å². The molecular formula is C67H112O6. The van der Waals surface area contributed by atoms with Crippen molar-refractivity contribution in [2.24, 2.45) is 0 Å². The lowest BCUT2D eigenvalue weighted by atomic mass is 10.0. The van der Waals surface area contributed by atoms with Gasteiger partial charge in [-0.05, 0) is 96.3 Å². The van der Waals surface area contributed by atoms with Crippen molar-refractivity contribution in [2.75, 3.05) is 13.2 Å². The fraction of sp³-hybridized carbons (Fsp3) is 0.687. The standard InChI is InChI=1S/C67H112O6/c1-4-7-10-13-16-19-21-23-25-27-29-30-31-32-33-34-35-36-38-39-41-43-45-48-51-54-57-60-66(69)72-63-64(62-71-65(68)59-56-53-50-47-18-15-12-9-6-3)73-67(70)61-58-55-52-49-46-44-42-40-37-28-26-24-22-20-17-14-11-8-5-2/h8,11,17,20-21,23-24,26-27,29,31-32,37,40,44,46,52,55,64H,4-7,9-10,12-16,18-19,22,25,28,30,33-36,38-39,41-43,45,47-51,53-54,56-63H2,1-3H3/b11-8-,20-17-,23-21-,26-24-,29-27-,32-31-,40-37-,46-44-,55-52-. The fourth-order valence-corrected chi connectivity index (χ4v) is 8.24. The van der Waals surface area contributed by atoms with E-state index in [9.17, 15) is 14.4 Å². The van der Waals surface area contributed by atoms with Crippen molar-refractivity contribution in [3.8, 4) is 0 Å². The minimum Gasteiger partial charge on any atom is -0.462 e. The maximum Gasteiger partial charge on any atom is 0.306 e. The highest BCUT2D eigenvalue weighted by molar-refractivity contribution is 5.71. The Kier molecular flexibility index (Phi) is 57.4. The topological polar surface area (TPSA) is 78.9 Å². The van der Waals surface area contributed by atoms with Crippen molar-refractivity contribution in [2.45, 2.75) is 284 Å². The average molecular weight is 1010 g/mol. The van der Waals surface area contributed by atoms with E-state index < -0.39 is 12.1 Å². The molecule has 0 aromatic rings. The Morgan fingerprint density at radius 1 is 0.288 bits per heavy atom. The summed E-state index contributed by atoms with van der Waals surface area (Å²) in [7, 11) is 0. The molecule has 0 saturated carbocycles. The summed E-state index contributed by atoms with van der Waals surface area (Å²) < 4.78 is 16.8. The van der Waals surface area contributed by atoms with Gasteiger partial charge >= 0.3 is 17.9 Å². The molecule has 0 saturated heterocycles. The average Bonchev–Trinajstić information content (AvgIpc) is 3.39. The maximum absolute atomic E-state index is 12.8. The zero-order valence-corrected chi connectivity index (χ0v) is 47.6. The van der Waals surface area contributed by atoms with Crippen molar-refractivity contribution in [3.05, 3.63) is 109 Å². The minimum atomic E-state index is -0.819. The van der Waals surface area contributed by atoms with Crippen LogP contribution >= 0.6 is 0 Å². The van der Waals surface area contributed by atoms with Gasteiger partial charge in [-0.25, -0.2) is 0 Å². The molecule has 0 rings (SSSR count). The first-order valence-corrected chi connectivity index (χ1v) is 30.4. The number of ether oxygens (including phenoxy) is 3. The van der Waals surface area contributed by atoms with Crippen molar-refractivity contribution >= 4 is 17.9 Å². The summed E-state index contributed by atoms with van der Waals surface area (Å²) in [5, 5.41) is 0. The second kappa shape index (κ2) is 60.6. The van der Waals surface area contributed by atoms with Gasteiger partial charge in [0.25, 0.3) is 0 Å². The summed E-state index contributed by atoms with van der Waals surface area (Å²) in [6.45, 7) is 6.44. The number of allylic oxidation sites excluding steroid dienone is 18. The van der Waals surface area contributed by atoms with Gasteiger partial charge in [-0.15, -0.1) is 0 Å². The third-order valence-electron chi connectivity index (χ3n) is 12.8. The molecule has 0 fully saturated rings. The first-order chi connectivity index (χ1) is 36.0. The Morgan fingerprint density at radius 2 is 0.562 bits per heavy atom. The SMILES string of the molecule is CC/C=C\C/C=C\C/C=C\C/C=C\C/C=C\C/C=C\CCC(=O)OC(COC(=O)CCCCCCCCCCC)COC(=O)CCCCCCCCCCCCCC/C=C\C/C=C\C/C=C\CCCCCCC. The number of hydrogen-bond donors (Lipinski definition) is 0. The molecule has 0 amide bonds. The number of carbonyl (C=O) groups excluding carboxylic acids is 3. The van der Waals surface area contributed by atoms with Gasteiger partial charge in [0.2, 0.25) is 0 Å². The summed E-state index contributed by atoms with van der Waals surface area (Å²) in [6.07, 6.45) is 82.6. The third kappa shape index (κ3) is 58.8. The van der Waals surface area contributed by atoms with Crippen LogP contribution in [0.15, 0.2) is 109 Å². The van der Waals surface area contributed by atoms with Crippen LogP contribution in [0.3, 0.4) is 0 Å². The Balaban J connectivity index is 4.30. The number of hydrogen-bond acceptors (Lipinski definition) is 6. The molecule has 0 aliphatic carbocycles. The van der Waals surface area contributed by atoms with Crippen molar-refractivity contribution in [1.82, 2.24) is 0 Å². The summed E-state index contributed by atoms with van der Waals surface area (Å²) in [5.41, 5.74) is 0. The van der Waals surface area contributed by atoms with Crippen LogP contribution in [0, 0.1) is 0 Å². The summed E-state index contributed by atoms with van der Waals surface area (Å²) in [6, 6.07) is 0. The number of carbonyl (C=O) groups is 3. The molecule has 0 bridgehead atoms. The monoisotopic (exact) mass is 1010 g/mol. The van der Waals surface area contributed by atoms with Crippen molar-refractivity contribution in [3.63, 3.8) is 0 Å². The van der Waals surface area contributed by atoms with Crippen LogP contribution in [0.2, 0.25) is 0 Å². The largest absolute Gasteiger partial charge is 0.462 e. The molecule has 73 heavy (non-hydrogen) atoms. The molecular weight excluding hydrogens is 901 g/mol. The van der Waals surface area contributed by atoms with Gasteiger partial charge in [0.15, 0.2) is 6.10 Å². The molecule has 0 aliphatic rings. The van der Waals surface area contributed by atoms with Crippen LogP contribution in [0.4, 0.5) is 0 Å². The maximum atomic E-state index is 12.8. The number of rotatable bonds is 54. The van der Waals surface area contributed by atoms with Gasteiger partial charge in [-0.3, -0.25) is 14.4 Å². The molecule has 0 spiro atoms. The van der Waals surface area contributed by atoms with E-state index in [-0.39, 0.29) is 31.6 Å². The Morgan fingerprint density at radius 3 is 0.890 bits per heavy atom. The van der Waals surface area contributed by atoms with Crippen LogP contribution in [0.25, 0.3) is 0 Å². The van der Waals surface area contributed by atoms with E-state index >= 15 is 0 Å². The van der Waals surface area contributed by atoms with Crippen LogP contribution in [0.5, 0.6) is 0 Å². The molecule has 1 unspecified atom stereocenters. The van der Waals surface area contributed by atoms with E-state index in [0.29, 0.717) is 19.3 Å². The Hall–Kier alpha value is -3.93. The molecule has 0 aromatic heterocycles. The zero-order valence-electron chi connectivity index (χ0n) is 47.6.